The Morgan fingerprint density at radius 3 is 2.36 bits per heavy atom. The van der Waals surface area contributed by atoms with Crippen molar-refractivity contribution in [1.82, 2.24) is 0 Å². The Morgan fingerprint density at radius 2 is 1.67 bits per heavy atom. The first kappa shape index (κ1) is 31.2. The van der Waals surface area contributed by atoms with Crippen LogP contribution in [0.4, 0.5) is 0 Å². The van der Waals surface area contributed by atoms with E-state index in [0.29, 0.717) is 5.56 Å². The fourth-order valence-electron chi connectivity index (χ4n) is 4.73. The standard InChI is InChI=1S/C31H28O14/c1-41-20-10-14(2-8-18(20)35)3-9-23(37)44-29-22(13-32)43-31(27(40)26(29)39)45-30-25(38)24-19(36)11-17(34)12-21(24)42-28(30)15-4-6-16(33)7-5-15/h2-12,22,26-27,29,31-36,39-40H,13H2,1H3/b9-3+/t22-,26-,27-,29-,31+/m1/s1. The predicted molar refractivity (Wildman–Crippen MR) is 155 cm³/mol. The molecule has 5 rings (SSSR count). The summed E-state index contributed by atoms with van der Waals surface area (Å²) in [6, 6.07) is 11.7. The van der Waals surface area contributed by atoms with Gasteiger partial charge in [0.15, 0.2) is 23.4 Å². The molecule has 236 valence electrons. The summed E-state index contributed by atoms with van der Waals surface area (Å²) in [5, 5.41) is 71.1. The number of fused-ring (bicyclic) bond motifs is 1. The van der Waals surface area contributed by atoms with Gasteiger partial charge in [-0.1, -0.05) is 6.07 Å². The largest absolute Gasteiger partial charge is 0.508 e. The first-order chi connectivity index (χ1) is 21.5. The number of aliphatic hydroxyl groups is 3. The van der Waals surface area contributed by atoms with E-state index < -0.39 is 66.0 Å². The topological polar surface area (TPSA) is 226 Å². The number of aliphatic hydroxyl groups excluding tert-OH is 3. The third-order valence-electron chi connectivity index (χ3n) is 6.97. The van der Waals surface area contributed by atoms with Crippen LogP contribution in [0.5, 0.6) is 34.5 Å². The average Bonchev–Trinajstić information content (AvgIpc) is 3.01. The van der Waals surface area contributed by atoms with Crippen molar-refractivity contribution in [3.63, 3.8) is 0 Å². The lowest BCUT2D eigenvalue weighted by Gasteiger charge is -2.41. The Hall–Kier alpha value is -5.28. The zero-order valence-corrected chi connectivity index (χ0v) is 23.4. The lowest BCUT2D eigenvalue weighted by atomic mass is 9.99. The number of hydrogen-bond acceptors (Lipinski definition) is 14. The molecule has 1 saturated heterocycles. The van der Waals surface area contributed by atoms with Crippen LogP contribution in [0.1, 0.15) is 5.56 Å². The molecule has 0 amide bonds. The van der Waals surface area contributed by atoms with Gasteiger partial charge >= 0.3 is 5.97 Å². The maximum Gasteiger partial charge on any atom is 0.331 e. The Kier molecular flexibility index (Phi) is 8.83. The number of methoxy groups -OCH3 is 1. The van der Waals surface area contributed by atoms with Crippen molar-refractivity contribution < 1.29 is 63.9 Å². The number of carbonyl (C=O) groups is 1. The first-order valence-corrected chi connectivity index (χ1v) is 13.4. The van der Waals surface area contributed by atoms with Crippen LogP contribution in [0.2, 0.25) is 0 Å². The van der Waals surface area contributed by atoms with Gasteiger partial charge in [-0.05, 0) is 48.0 Å². The molecule has 45 heavy (non-hydrogen) atoms. The lowest BCUT2D eigenvalue weighted by Crippen LogP contribution is -2.61. The molecule has 0 bridgehead atoms. The zero-order valence-electron chi connectivity index (χ0n) is 23.4. The highest BCUT2D eigenvalue weighted by molar-refractivity contribution is 5.88. The first-order valence-electron chi connectivity index (χ1n) is 13.4. The molecule has 3 aromatic carbocycles. The van der Waals surface area contributed by atoms with Crippen molar-refractivity contribution in [3.05, 3.63) is 76.5 Å². The van der Waals surface area contributed by atoms with Gasteiger partial charge in [0.1, 0.15) is 46.5 Å². The Labute approximate surface area is 253 Å². The quantitative estimate of drug-likeness (QED) is 0.110. The van der Waals surface area contributed by atoms with Crippen LogP contribution in [0.25, 0.3) is 28.4 Å². The second kappa shape index (κ2) is 12.8. The molecule has 1 fully saturated rings. The normalized spacial score (nSPS) is 21.6. The Morgan fingerprint density at radius 1 is 0.933 bits per heavy atom. The number of hydrogen-bond donors (Lipinski definition) is 7. The highest BCUT2D eigenvalue weighted by Gasteiger charge is 2.48. The maximum atomic E-state index is 13.6. The van der Waals surface area contributed by atoms with E-state index in [1.54, 1.807) is 0 Å². The van der Waals surface area contributed by atoms with Crippen LogP contribution in [-0.2, 0) is 14.3 Å². The number of esters is 1. The average molecular weight is 625 g/mol. The van der Waals surface area contributed by atoms with Gasteiger partial charge in [0.25, 0.3) is 0 Å². The number of phenolic OH excluding ortho intramolecular Hbond substituents is 4. The molecule has 0 saturated carbocycles. The molecular formula is C31H28O14. The Bertz CT molecular complexity index is 1790. The van der Waals surface area contributed by atoms with E-state index in [-0.39, 0.29) is 39.5 Å². The van der Waals surface area contributed by atoms with Gasteiger partial charge in [0, 0.05) is 23.8 Å². The van der Waals surface area contributed by atoms with E-state index in [1.807, 2.05) is 0 Å². The molecule has 0 aliphatic carbocycles. The summed E-state index contributed by atoms with van der Waals surface area (Å²) in [6.07, 6.45) is -6.29. The van der Waals surface area contributed by atoms with Gasteiger partial charge in [0.2, 0.25) is 17.5 Å². The molecule has 0 radical (unpaired) electrons. The summed E-state index contributed by atoms with van der Waals surface area (Å²) in [5.74, 6) is -2.86. The SMILES string of the molecule is COc1cc(/C=C/C(=O)O[C@H]2[C@H](O)[C@@H](O)[C@H](Oc3c(-c4ccc(O)cc4)oc4cc(O)cc(O)c4c3=O)O[C@@H]2CO)ccc1O. The second-order valence-corrected chi connectivity index (χ2v) is 9.96. The van der Waals surface area contributed by atoms with E-state index in [1.165, 1.54) is 55.7 Å². The molecule has 7 N–H and O–H groups in total. The minimum atomic E-state index is -1.94. The van der Waals surface area contributed by atoms with Crippen LogP contribution >= 0.6 is 0 Å². The van der Waals surface area contributed by atoms with Gasteiger partial charge < -0.3 is 59.1 Å². The van der Waals surface area contributed by atoms with Crippen molar-refractivity contribution in [2.24, 2.45) is 0 Å². The summed E-state index contributed by atoms with van der Waals surface area (Å²) < 4.78 is 27.4. The Balaban J connectivity index is 1.42. The fourth-order valence-corrected chi connectivity index (χ4v) is 4.73. The minimum Gasteiger partial charge on any atom is -0.508 e. The molecule has 1 aromatic heterocycles. The number of carbonyl (C=O) groups excluding carboxylic acids is 1. The number of phenols is 4. The molecule has 5 atom stereocenters. The van der Waals surface area contributed by atoms with Crippen LogP contribution in [0.3, 0.4) is 0 Å². The molecular weight excluding hydrogens is 596 g/mol. The summed E-state index contributed by atoms with van der Waals surface area (Å²) in [6.45, 7) is -0.808. The number of benzene rings is 3. The summed E-state index contributed by atoms with van der Waals surface area (Å²) in [7, 11) is 1.36. The molecule has 0 unspecified atom stereocenters. The smallest absolute Gasteiger partial charge is 0.331 e. The van der Waals surface area contributed by atoms with E-state index in [2.05, 4.69) is 0 Å². The minimum absolute atomic E-state index is 0.0992. The summed E-state index contributed by atoms with van der Waals surface area (Å²) in [4.78, 5) is 26.1. The number of aromatic hydroxyl groups is 4. The summed E-state index contributed by atoms with van der Waals surface area (Å²) in [5.41, 5.74) is -0.475. The predicted octanol–water partition coefficient (Wildman–Crippen LogP) is 1.73. The van der Waals surface area contributed by atoms with Gasteiger partial charge in [-0.3, -0.25) is 4.79 Å². The third kappa shape index (κ3) is 6.34. The third-order valence-corrected chi connectivity index (χ3v) is 6.97. The molecule has 14 heteroatoms. The molecule has 2 heterocycles. The van der Waals surface area contributed by atoms with Crippen LogP contribution in [0.15, 0.2) is 69.9 Å². The molecule has 1 aliphatic heterocycles. The highest BCUT2D eigenvalue weighted by atomic mass is 16.7. The van der Waals surface area contributed by atoms with Crippen molar-refractivity contribution >= 4 is 23.0 Å². The van der Waals surface area contributed by atoms with E-state index in [4.69, 9.17) is 23.4 Å². The fraction of sp³-hybridized carbons (Fsp3) is 0.226. The number of ether oxygens (including phenoxy) is 4. The van der Waals surface area contributed by atoms with Gasteiger partial charge in [-0.25, -0.2) is 4.79 Å². The highest BCUT2D eigenvalue weighted by Crippen LogP contribution is 2.37. The van der Waals surface area contributed by atoms with Crippen LogP contribution in [-0.4, -0.2) is 86.1 Å². The van der Waals surface area contributed by atoms with Crippen LogP contribution in [0, 0.1) is 0 Å². The number of rotatable bonds is 8. The van der Waals surface area contributed by atoms with Crippen molar-refractivity contribution in [2.45, 2.75) is 30.7 Å². The lowest BCUT2D eigenvalue weighted by molar-refractivity contribution is -0.280. The van der Waals surface area contributed by atoms with Gasteiger partial charge in [-0.15, -0.1) is 0 Å². The van der Waals surface area contributed by atoms with E-state index in [0.717, 1.165) is 18.2 Å². The molecule has 4 aromatic rings. The molecule has 1 aliphatic rings. The van der Waals surface area contributed by atoms with E-state index in [9.17, 15) is 45.3 Å². The monoisotopic (exact) mass is 624 g/mol. The summed E-state index contributed by atoms with van der Waals surface area (Å²) >= 11 is 0. The van der Waals surface area contributed by atoms with Crippen molar-refractivity contribution in [2.75, 3.05) is 13.7 Å². The molecule has 14 nitrogen and oxygen atoms in total. The van der Waals surface area contributed by atoms with Crippen molar-refractivity contribution in [3.8, 4) is 45.8 Å². The molecule has 0 spiro atoms. The maximum absolute atomic E-state index is 13.6. The second-order valence-electron chi connectivity index (χ2n) is 9.96. The van der Waals surface area contributed by atoms with E-state index >= 15 is 0 Å². The van der Waals surface area contributed by atoms with Crippen LogP contribution < -0.4 is 14.9 Å². The van der Waals surface area contributed by atoms with Crippen molar-refractivity contribution in [1.29, 1.82) is 0 Å². The van der Waals surface area contributed by atoms with Gasteiger partial charge in [-0.2, -0.15) is 0 Å². The van der Waals surface area contributed by atoms with Gasteiger partial charge in [0.05, 0.1) is 13.7 Å². The zero-order chi connectivity index (χ0) is 32.4.